The first-order valence-electron chi connectivity index (χ1n) is 5.36. The van der Waals surface area contributed by atoms with Crippen molar-refractivity contribution in [3.63, 3.8) is 0 Å². The van der Waals surface area contributed by atoms with Gasteiger partial charge in [-0.2, -0.15) is 0 Å². The summed E-state index contributed by atoms with van der Waals surface area (Å²) >= 11 is 0. The lowest BCUT2D eigenvalue weighted by Crippen LogP contribution is -2.40. The molecule has 0 bridgehead atoms. The first kappa shape index (κ1) is 14.4. The molecule has 1 amide bonds. The highest BCUT2D eigenvalue weighted by Gasteiger charge is 2.16. The third-order valence-corrected chi connectivity index (χ3v) is 2.34. The maximum Gasteiger partial charge on any atom is 0.254 e. The molecule has 0 radical (unpaired) electrons. The minimum absolute atomic E-state index is 0.106. The van der Waals surface area contributed by atoms with Crippen molar-refractivity contribution in [2.45, 2.75) is 6.04 Å². The molecule has 0 fully saturated rings. The average molecular weight is 257 g/mol. The molecule has 1 aromatic carbocycles. The summed E-state index contributed by atoms with van der Waals surface area (Å²) in [5.41, 5.74) is -0.106. The van der Waals surface area contributed by atoms with E-state index in [-0.39, 0.29) is 18.8 Å². The molecule has 0 heterocycles. The average Bonchev–Trinajstić information content (AvgIpc) is 2.37. The second kappa shape index (κ2) is 6.93. The van der Waals surface area contributed by atoms with Gasteiger partial charge in [0.15, 0.2) is 0 Å². The summed E-state index contributed by atoms with van der Waals surface area (Å²) in [5, 5.41) is 11.5. The third kappa shape index (κ3) is 3.68. The van der Waals surface area contributed by atoms with Crippen LogP contribution in [0.25, 0.3) is 0 Å². The van der Waals surface area contributed by atoms with Crippen molar-refractivity contribution in [1.82, 2.24) is 5.32 Å². The van der Waals surface area contributed by atoms with E-state index in [9.17, 15) is 9.18 Å². The number of hydrogen-bond donors (Lipinski definition) is 2. The molecular formula is C12H16FNO4. The fraction of sp³-hybridized carbons (Fsp3) is 0.417. The van der Waals surface area contributed by atoms with E-state index in [1.165, 1.54) is 26.4 Å². The molecule has 0 aliphatic rings. The zero-order valence-electron chi connectivity index (χ0n) is 10.3. The lowest BCUT2D eigenvalue weighted by Gasteiger charge is -2.15. The minimum Gasteiger partial charge on any atom is -0.497 e. The lowest BCUT2D eigenvalue weighted by molar-refractivity contribution is 0.0836. The molecule has 1 aromatic rings. The van der Waals surface area contributed by atoms with Crippen LogP contribution in [0.4, 0.5) is 4.39 Å². The van der Waals surface area contributed by atoms with Crippen LogP contribution in [0.2, 0.25) is 0 Å². The van der Waals surface area contributed by atoms with Crippen LogP contribution >= 0.6 is 0 Å². The summed E-state index contributed by atoms with van der Waals surface area (Å²) in [6.07, 6.45) is 0. The topological polar surface area (TPSA) is 67.8 Å². The highest BCUT2D eigenvalue weighted by atomic mass is 19.1. The molecular weight excluding hydrogens is 241 g/mol. The standard InChI is InChI=1S/C12H16FNO4/c1-17-7-8(6-15)14-12(16)10-4-3-9(18-2)5-11(10)13/h3-5,8,15H,6-7H2,1-2H3,(H,14,16). The second-order valence-corrected chi connectivity index (χ2v) is 3.65. The minimum atomic E-state index is -0.680. The maximum atomic E-state index is 13.6. The molecule has 1 unspecified atom stereocenters. The number of carbonyl (C=O) groups excluding carboxylic acids is 1. The number of aliphatic hydroxyl groups excluding tert-OH is 1. The monoisotopic (exact) mass is 257 g/mol. The predicted octanol–water partition coefficient (Wildman–Crippen LogP) is 0.571. The number of hydrogen-bond acceptors (Lipinski definition) is 4. The Morgan fingerprint density at radius 2 is 2.22 bits per heavy atom. The molecule has 0 aliphatic heterocycles. The molecule has 6 heteroatoms. The van der Waals surface area contributed by atoms with E-state index in [1.54, 1.807) is 0 Å². The van der Waals surface area contributed by atoms with Crippen molar-refractivity contribution < 1.29 is 23.8 Å². The van der Waals surface area contributed by atoms with Crippen molar-refractivity contribution in [3.05, 3.63) is 29.6 Å². The summed E-state index contributed by atoms with van der Waals surface area (Å²) < 4.78 is 23.2. The van der Waals surface area contributed by atoms with Crippen molar-refractivity contribution in [3.8, 4) is 5.75 Å². The number of halogens is 1. The fourth-order valence-electron chi connectivity index (χ4n) is 1.41. The Morgan fingerprint density at radius 1 is 1.50 bits per heavy atom. The molecule has 100 valence electrons. The van der Waals surface area contributed by atoms with E-state index in [0.717, 1.165) is 6.07 Å². The molecule has 0 aromatic heterocycles. The largest absolute Gasteiger partial charge is 0.497 e. The smallest absolute Gasteiger partial charge is 0.254 e. The number of amides is 1. The van der Waals surface area contributed by atoms with Gasteiger partial charge in [-0.25, -0.2) is 4.39 Å². The maximum absolute atomic E-state index is 13.6. The van der Waals surface area contributed by atoms with E-state index in [2.05, 4.69) is 5.32 Å². The molecule has 0 spiro atoms. The highest BCUT2D eigenvalue weighted by molar-refractivity contribution is 5.94. The summed E-state index contributed by atoms with van der Waals surface area (Å²) in [7, 11) is 2.86. The van der Waals surface area contributed by atoms with Gasteiger partial charge >= 0.3 is 0 Å². The molecule has 0 saturated carbocycles. The highest BCUT2D eigenvalue weighted by Crippen LogP contribution is 2.16. The Balaban J connectivity index is 2.77. The van der Waals surface area contributed by atoms with Crippen molar-refractivity contribution in [2.24, 2.45) is 0 Å². The van der Waals surface area contributed by atoms with Gasteiger partial charge in [-0.3, -0.25) is 4.79 Å². The zero-order chi connectivity index (χ0) is 13.5. The van der Waals surface area contributed by atoms with Crippen LogP contribution < -0.4 is 10.1 Å². The number of carbonyl (C=O) groups is 1. The van der Waals surface area contributed by atoms with Gasteiger partial charge in [0.05, 0.1) is 31.9 Å². The van der Waals surface area contributed by atoms with Crippen molar-refractivity contribution in [2.75, 3.05) is 27.4 Å². The van der Waals surface area contributed by atoms with Crippen molar-refractivity contribution in [1.29, 1.82) is 0 Å². The van der Waals surface area contributed by atoms with Gasteiger partial charge in [-0.1, -0.05) is 0 Å². The number of ether oxygens (including phenoxy) is 2. The first-order chi connectivity index (χ1) is 8.62. The Morgan fingerprint density at radius 3 is 2.72 bits per heavy atom. The van der Waals surface area contributed by atoms with Crippen LogP contribution in [0.15, 0.2) is 18.2 Å². The number of methoxy groups -OCH3 is 2. The van der Waals surface area contributed by atoms with E-state index < -0.39 is 17.8 Å². The quantitative estimate of drug-likeness (QED) is 0.782. The van der Waals surface area contributed by atoms with Crippen molar-refractivity contribution >= 4 is 5.91 Å². The Hall–Kier alpha value is -1.66. The van der Waals surface area contributed by atoms with Gasteiger partial charge in [0, 0.05) is 13.2 Å². The van der Waals surface area contributed by atoms with Crippen LogP contribution in [0, 0.1) is 5.82 Å². The normalized spacial score (nSPS) is 12.0. The molecule has 0 aliphatic carbocycles. The van der Waals surface area contributed by atoms with E-state index >= 15 is 0 Å². The van der Waals surface area contributed by atoms with Gasteiger partial charge in [0.25, 0.3) is 5.91 Å². The predicted molar refractivity (Wildman–Crippen MR) is 63.2 cm³/mol. The SMILES string of the molecule is COCC(CO)NC(=O)c1ccc(OC)cc1F. The summed E-state index contributed by atoms with van der Waals surface area (Å²) in [6.45, 7) is -0.128. The van der Waals surface area contributed by atoms with Crippen LogP contribution in [0.3, 0.4) is 0 Å². The van der Waals surface area contributed by atoms with E-state index in [0.29, 0.717) is 5.75 Å². The van der Waals surface area contributed by atoms with Crippen LogP contribution in [0.1, 0.15) is 10.4 Å². The Labute approximate surface area is 105 Å². The van der Waals surface area contributed by atoms with Crippen LogP contribution in [-0.2, 0) is 4.74 Å². The van der Waals surface area contributed by atoms with E-state index in [1.807, 2.05) is 0 Å². The third-order valence-electron chi connectivity index (χ3n) is 2.34. The zero-order valence-corrected chi connectivity index (χ0v) is 10.3. The lowest BCUT2D eigenvalue weighted by atomic mass is 10.1. The van der Waals surface area contributed by atoms with Crippen LogP contribution in [-0.4, -0.2) is 44.5 Å². The van der Waals surface area contributed by atoms with Gasteiger partial charge in [-0.05, 0) is 12.1 Å². The molecule has 0 saturated heterocycles. The van der Waals surface area contributed by atoms with E-state index in [4.69, 9.17) is 14.6 Å². The van der Waals surface area contributed by atoms with Gasteiger partial charge in [0.2, 0.25) is 0 Å². The number of nitrogens with one attached hydrogen (secondary N) is 1. The van der Waals surface area contributed by atoms with Gasteiger partial charge in [0.1, 0.15) is 11.6 Å². The summed E-state index contributed by atoms with van der Waals surface area (Å²) in [4.78, 5) is 11.8. The summed E-state index contributed by atoms with van der Waals surface area (Å²) in [5.74, 6) is -0.952. The number of aliphatic hydroxyl groups is 1. The molecule has 1 atom stereocenters. The summed E-state index contributed by atoms with van der Waals surface area (Å²) in [6, 6.07) is 3.37. The molecule has 5 nitrogen and oxygen atoms in total. The van der Waals surface area contributed by atoms with Crippen LogP contribution in [0.5, 0.6) is 5.75 Å². The Bertz CT molecular complexity index is 411. The van der Waals surface area contributed by atoms with Gasteiger partial charge < -0.3 is 19.9 Å². The van der Waals surface area contributed by atoms with Gasteiger partial charge in [-0.15, -0.1) is 0 Å². The fourth-order valence-corrected chi connectivity index (χ4v) is 1.41. The molecule has 18 heavy (non-hydrogen) atoms. The number of benzene rings is 1. The molecule has 1 rings (SSSR count). The second-order valence-electron chi connectivity index (χ2n) is 3.65. The molecule has 2 N–H and O–H groups in total. The first-order valence-corrected chi connectivity index (χ1v) is 5.36. The Kier molecular flexibility index (Phi) is 5.54. The number of rotatable bonds is 6.